The summed E-state index contributed by atoms with van der Waals surface area (Å²) in [4.78, 5) is 12.9. The zero-order chi connectivity index (χ0) is 13.7. The zero-order valence-corrected chi connectivity index (χ0v) is 11.7. The van der Waals surface area contributed by atoms with Crippen LogP contribution in [0.2, 0.25) is 0 Å². The molecule has 0 bridgehead atoms. The quantitative estimate of drug-likeness (QED) is 0.880. The predicted molar refractivity (Wildman–Crippen MR) is 79.0 cm³/mol. The van der Waals surface area contributed by atoms with Crippen molar-refractivity contribution in [1.82, 2.24) is 5.32 Å². The molecular formula is C15H18N2OS. The Kier molecular flexibility index (Phi) is 4.71. The Labute approximate surface area is 117 Å². The first-order valence-electron chi connectivity index (χ1n) is 6.30. The van der Waals surface area contributed by atoms with Gasteiger partial charge in [0.15, 0.2) is 0 Å². The summed E-state index contributed by atoms with van der Waals surface area (Å²) in [5, 5.41) is 4.89. The second-order valence-electron chi connectivity index (χ2n) is 4.59. The Balaban J connectivity index is 1.88. The molecule has 100 valence electrons. The van der Waals surface area contributed by atoms with Gasteiger partial charge in [0.05, 0.1) is 0 Å². The molecule has 2 aromatic rings. The van der Waals surface area contributed by atoms with Gasteiger partial charge in [-0.1, -0.05) is 36.4 Å². The van der Waals surface area contributed by atoms with Gasteiger partial charge in [0, 0.05) is 10.9 Å². The van der Waals surface area contributed by atoms with Crippen molar-refractivity contribution in [2.45, 2.75) is 25.4 Å². The van der Waals surface area contributed by atoms with E-state index in [9.17, 15) is 4.79 Å². The molecule has 0 fully saturated rings. The van der Waals surface area contributed by atoms with Crippen molar-refractivity contribution < 1.29 is 4.79 Å². The average molecular weight is 274 g/mol. The first-order chi connectivity index (χ1) is 9.16. The van der Waals surface area contributed by atoms with Crippen molar-refractivity contribution in [3.8, 4) is 0 Å². The van der Waals surface area contributed by atoms with Gasteiger partial charge in [0.25, 0.3) is 0 Å². The van der Waals surface area contributed by atoms with Crippen LogP contribution in [0, 0.1) is 0 Å². The monoisotopic (exact) mass is 274 g/mol. The van der Waals surface area contributed by atoms with Crippen LogP contribution in [0.3, 0.4) is 0 Å². The van der Waals surface area contributed by atoms with Crippen molar-refractivity contribution in [3.63, 3.8) is 0 Å². The molecule has 1 aromatic heterocycles. The Bertz CT molecular complexity index is 510. The standard InChI is InChI=1S/C15H18N2OS/c1-11(10-12-6-3-2-4-7-12)17-15(18)14(16)13-8-5-9-19-13/h2-9,11,14H,10,16H2,1H3,(H,17,18). The molecule has 0 radical (unpaired) electrons. The number of hydrogen-bond acceptors (Lipinski definition) is 3. The molecule has 2 rings (SSSR count). The van der Waals surface area contributed by atoms with Crippen LogP contribution in [0.25, 0.3) is 0 Å². The number of benzene rings is 1. The second-order valence-corrected chi connectivity index (χ2v) is 5.57. The molecule has 1 aromatic carbocycles. The van der Waals surface area contributed by atoms with Crippen molar-refractivity contribution >= 4 is 17.2 Å². The molecule has 0 saturated carbocycles. The molecule has 0 aliphatic heterocycles. The van der Waals surface area contributed by atoms with E-state index in [4.69, 9.17) is 5.73 Å². The summed E-state index contributed by atoms with van der Waals surface area (Å²) in [7, 11) is 0. The number of carbonyl (C=O) groups excluding carboxylic acids is 1. The van der Waals surface area contributed by atoms with Crippen molar-refractivity contribution in [1.29, 1.82) is 0 Å². The second kappa shape index (κ2) is 6.50. The highest BCUT2D eigenvalue weighted by molar-refractivity contribution is 7.10. The van der Waals surface area contributed by atoms with E-state index in [0.29, 0.717) is 0 Å². The summed E-state index contributed by atoms with van der Waals surface area (Å²) in [5.41, 5.74) is 7.13. The summed E-state index contributed by atoms with van der Waals surface area (Å²) in [6.07, 6.45) is 0.809. The highest BCUT2D eigenvalue weighted by Crippen LogP contribution is 2.17. The van der Waals surface area contributed by atoms with Gasteiger partial charge >= 0.3 is 0 Å². The summed E-state index contributed by atoms with van der Waals surface area (Å²) < 4.78 is 0. The molecule has 2 unspecified atom stereocenters. The topological polar surface area (TPSA) is 55.1 Å². The van der Waals surface area contributed by atoms with Crippen molar-refractivity contribution in [2.75, 3.05) is 0 Å². The average Bonchev–Trinajstić information content (AvgIpc) is 2.92. The molecule has 0 aliphatic rings. The molecule has 3 nitrogen and oxygen atoms in total. The van der Waals surface area contributed by atoms with E-state index in [0.717, 1.165) is 11.3 Å². The molecule has 19 heavy (non-hydrogen) atoms. The SMILES string of the molecule is CC(Cc1ccccc1)NC(=O)C(N)c1cccs1. The third-order valence-electron chi connectivity index (χ3n) is 2.91. The molecule has 4 heteroatoms. The van der Waals surface area contributed by atoms with E-state index in [1.54, 1.807) is 0 Å². The third kappa shape index (κ3) is 3.91. The Hall–Kier alpha value is -1.65. The lowest BCUT2D eigenvalue weighted by atomic mass is 10.1. The number of carbonyl (C=O) groups is 1. The minimum absolute atomic E-state index is 0.0703. The van der Waals surface area contributed by atoms with Crippen LogP contribution in [-0.2, 0) is 11.2 Å². The van der Waals surface area contributed by atoms with Gasteiger partial charge < -0.3 is 11.1 Å². The summed E-state index contributed by atoms with van der Waals surface area (Å²) in [6.45, 7) is 1.99. The van der Waals surface area contributed by atoms with E-state index < -0.39 is 6.04 Å². The van der Waals surface area contributed by atoms with E-state index in [1.165, 1.54) is 16.9 Å². The maximum atomic E-state index is 12.0. The highest BCUT2D eigenvalue weighted by Gasteiger charge is 2.18. The van der Waals surface area contributed by atoms with E-state index in [2.05, 4.69) is 17.4 Å². The number of thiophene rings is 1. The Morgan fingerprint density at radius 3 is 2.63 bits per heavy atom. The number of nitrogens with one attached hydrogen (secondary N) is 1. The Morgan fingerprint density at radius 2 is 2.00 bits per heavy atom. The first kappa shape index (κ1) is 13.8. The number of hydrogen-bond donors (Lipinski definition) is 2. The lowest BCUT2D eigenvalue weighted by molar-refractivity contribution is -0.123. The maximum Gasteiger partial charge on any atom is 0.242 e. The maximum absolute atomic E-state index is 12.0. The fourth-order valence-electron chi connectivity index (χ4n) is 1.95. The van der Waals surface area contributed by atoms with Crippen LogP contribution >= 0.6 is 11.3 Å². The molecule has 0 aliphatic carbocycles. The summed E-state index contributed by atoms with van der Waals surface area (Å²) >= 11 is 1.50. The molecule has 2 atom stereocenters. The van der Waals surface area contributed by atoms with Crippen molar-refractivity contribution in [2.24, 2.45) is 5.73 Å². The lowest BCUT2D eigenvalue weighted by Crippen LogP contribution is -2.40. The third-order valence-corrected chi connectivity index (χ3v) is 3.86. The smallest absolute Gasteiger partial charge is 0.242 e. The van der Waals surface area contributed by atoms with Crippen molar-refractivity contribution in [3.05, 3.63) is 58.3 Å². The fourth-order valence-corrected chi connectivity index (χ4v) is 2.67. The summed E-state index contributed by atoms with van der Waals surface area (Å²) in [6, 6.07) is 13.4. The zero-order valence-electron chi connectivity index (χ0n) is 10.9. The van der Waals surface area contributed by atoms with Crippen LogP contribution in [-0.4, -0.2) is 11.9 Å². The van der Waals surface area contributed by atoms with E-state index in [1.807, 2.05) is 42.6 Å². The molecule has 0 saturated heterocycles. The minimum atomic E-state index is -0.571. The number of amides is 1. The normalized spacial score (nSPS) is 13.8. The highest BCUT2D eigenvalue weighted by atomic mass is 32.1. The van der Waals surface area contributed by atoms with Crippen LogP contribution in [0.15, 0.2) is 47.8 Å². The molecule has 3 N–H and O–H groups in total. The van der Waals surface area contributed by atoms with Crippen LogP contribution in [0.1, 0.15) is 23.4 Å². The fraction of sp³-hybridized carbons (Fsp3) is 0.267. The van der Waals surface area contributed by atoms with E-state index in [-0.39, 0.29) is 11.9 Å². The number of rotatable bonds is 5. The Morgan fingerprint density at radius 1 is 1.26 bits per heavy atom. The van der Waals surface area contributed by atoms with Gasteiger partial charge in [-0.2, -0.15) is 0 Å². The van der Waals surface area contributed by atoms with Crippen LogP contribution in [0.4, 0.5) is 0 Å². The van der Waals surface area contributed by atoms with Crippen LogP contribution < -0.4 is 11.1 Å². The molecule has 0 spiro atoms. The summed E-state index contributed by atoms with van der Waals surface area (Å²) in [5.74, 6) is -0.120. The largest absolute Gasteiger partial charge is 0.352 e. The lowest BCUT2D eigenvalue weighted by Gasteiger charge is -2.17. The predicted octanol–water partition coefficient (Wildman–Crippen LogP) is 2.50. The minimum Gasteiger partial charge on any atom is -0.352 e. The van der Waals surface area contributed by atoms with Gasteiger partial charge in [-0.3, -0.25) is 4.79 Å². The first-order valence-corrected chi connectivity index (χ1v) is 7.18. The van der Waals surface area contributed by atoms with Crippen LogP contribution in [0.5, 0.6) is 0 Å². The van der Waals surface area contributed by atoms with Gasteiger partial charge in [0.1, 0.15) is 6.04 Å². The van der Waals surface area contributed by atoms with Gasteiger partial charge in [-0.05, 0) is 30.4 Å². The molecule has 1 amide bonds. The van der Waals surface area contributed by atoms with E-state index >= 15 is 0 Å². The number of nitrogens with two attached hydrogens (primary N) is 1. The molecule has 1 heterocycles. The van der Waals surface area contributed by atoms with Gasteiger partial charge in [-0.25, -0.2) is 0 Å². The van der Waals surface area contributed by atoms with Gasteiger partial charge in [-0.15, -0.1) is 11.3 Å². The molecular weight excluding hydrogens is 256 g/mol. The van der Waals surface area contributed by atoms with Gasteiger partial charge in [0.2, 0.25) is 5.91 Å².